The molecule has 0 aliphatic carbocycles. The predicted octanol–water partition coefficient (Wildman–Crippen LogP) is 4.24. The van der Waals surface area contributed by atoms with E-state index in [4.69, 9.17) is 9.26 Å². The van der Waals surface area contributed by atoms with Crippen LogP contribution in [0.3, 0.4) is 0 Å². The fourth-order valence-electron chi connectivity index (χ4n) is 3.47. The average Bonchev–Trinajstić information content (AvgIpc) is 3.45. The van der Waals surface area contributed by atoms with E-state index < -0.39 is 0 Å². The second kappa shape index (κ2) is 7.95. The van der Waals surface area contributed by atoms with E-state index in [0.29, 0.717) is 28.4 Å². The molecule has 5 aromatic rings. The number of H-pyrrole nitrogens is 1. The fourth-order valence-corrected chi connectivity index (χ4v) is 3.47. The number of aromatic nitrogens is 5. The number of nitrogens with zero attached hydrogens (tertiary/aromatic N) is 4. The number of aryl methyl sites for hydroxylation is 1. The molecule has 9 heteroatoms. The number of pyridine rings is 1. The summed E-state index contributed by atoms with van der Waals surface area (Å²) in [5, 5.41) is 17.6. The van der Waals surface area contributed by atoms with Crippen molar-refractivity contribution in [3.05, 3.63) is 72.0 Å². The number of anilines is 1. The molecule has 0 aliphatic heterocycles. The maximum Gasteiger partial charge on any atom is 0.261 e. The van der Waals surface area contributed by atoms with Gasteiger partial charge in [-0.2, -0.15) is 0 Å². The summed E-state index contributed by atoms with van der Waals surface area (Å²) >= 11 is 0. The number of carbonyl (C=O) groups is 1. The van der Waals surface area contributed by atoms with Gasteiger partial charge in [0.15, 0.2) is 0 Å². The summed E-state index contributed by atoms with van der Waals surface area (Å²) in [7, 11) is 1.50. The Bertz CT molecular complexity index is 1420. The molecule has 0 fully saturated rings. The normalized spacial score (nSPS) is 10.9. The third-order valence-electron chi connectivity index (χ3n) is 5.06. The van der Waals surface area contributed by atoms with Gasteiger partial charge in [0.25, 0.3) is 5.91 Å². The highest BCUT2D eigenvalue weighted by Crippen LogP contribution is 2.30. The van der Waals surface area contributed by atoms with Crippen LogP contribution in [-0.2, 0) is 0 Å². The highest BCUT2D eigenvalue weighted by atomic mass is 16.5. The van der Waals surface area contributed by atoms with Crippen molar-refractivity contribution >= 4 is 22.6 Å². The number of ether oxygens (including phenoxy) is 1. The van der Waals surface area contributed by atoms with Gasteiger partial charge in [-0.3, -0.25) is 9.89 Å². The minimum absolute atomic E-state index is 0.284. The Morgan fingerprint density at radius 1 is 1.06 bits per heavy atom. The van der Waals surface area contributed by atoms with E-state index in [-0.39, 0.29) is 11.8 Å². The highest BCUT2D eigenvalue weighted by molar-refractivity contribution is 6.09. The Balaban J connectivity index is 1.46. The first-order valence-electron chi connectivity index (χ1n) is 9.83. The summed E-state index contributed by atoms with van der Waals surface area (Å²) in [6, 6.07) is 18.6. The lowest BCUT2D eigenvalue weighted by molar-refractivity contribution is 0.102. The molecule has 5 rings (SSSR count). The van der Waals surface area contributed by atoms with E-state index in [0.717, 1.165) is 22.2 Å². The molecule has 3 heterocycles. The summed E-state index contributed by atoms with van der Waals surface area (Å²) in [5.74, 6) is 0.344. The van der Waals surface area contributed by atoms with E-state index in [9.17, 15) is 4.79 Å². The molecule has 158 valence electrons. The number of carbonyl (C=O) groups excluding carboxylic acids is 1. The Morgan fingerprint density at radius 3 is 2.72 bits per heavy atom. The molecule has 0 radical (unpaired) electrons. The summed E-state index contributed by atoms with van der Waals surface area (Å²) in [4.78, 5) is 17.7. The summed E-state index contributed by atoms with van der Waals surface area (Å²) in [6.07, 6.45) is 0. The summed E-state index contributed by atoms with van der Waals surface area (Å²) < 4.78 is 10.7. The number of hydrogen-bond donors (Lipinski definition) is 2. The summed E-state index contributed by atoms with van der Waals surface area (Å²) in [5.41, 5.74) is 5.16. The van der Waals surface area contributed by atoms with Crippen LogP contribution in [0, 0.1) is 6.92 Å². The minimum atomic E-state index is -0.362. The van der Waals surface area contributed by atoms with Crippen molar-refractivity contribution in [2.75, 3.05) is 12.4 Å². The first-order chi connectivity index (χ1) is 15.6. The molecule has 0 spiro atoms. The molecule has 0 bridgehead atoms. The molecule has 0 saturated carbocycles. The zero-order chi connectivity index (χ0) is 22.1. The van der Waals surface area contributed by atoms with Crippen LogP contribution < -0.4 is 10.1 Å². The first-order valence-corrected chi connectivity index (χ1v) is 9.83. The van der Waals surface area contributed by atoms with Gasteiger partial charge in [0.05, 0.1) is 18.3 Å². The van der Waals surface area contributed by atoms with Gasteiger partial charge in [0, 0.05) is 11.1 Å². The Hall–Kier alpha value is -4.53. The third-order valence-corrected chi connectivity index (χ3v) is 5.06. The van der Waals surface area contributed by atoms with Gasteiger partial charge >= 0.3 is 0 Å². The van der Waals surface area contributed by atoms with Gasteiger partial charge in [0.1, 0.15) is 28.2 Å². The van der Waals surface area contributed by atoms with Crippen LogP contribution in [0.2, 0.25) is 0 Å². The molecule has 9 nitrogen and oxygen atoms in total. The topological polar surface area (TPSA) is 119 Å². The molecular weight excluding hydrogens is 408 g/mol. The molecule has 3 aromatic heterocycles. The fraction of sp³-hybridized carbons (Fsp3) is 0.0870. The number of benzene rings is 2. The molecule has 2 aromatic carbocycles. The number of fused-ring (bicyclic) bond motifs is 1. The standard InChI is InChI=1S/C23H18N6O3/c1-13-20(21(28-32-13)14-6-4-3-5-7-14)22(30)24-18-11-10-16(25-23(18)31-2)15-8-9-17-19(12-15)27-29-26-17/h3-12H,1-2H3,(H,24,30)(H,26,27,29). The molecule has 0 unspecified atom stereocenters. The Labute approximate surface area is 182 Å². The molecule has 1 amide bonds. The van der Waals surface area contributed by atoms with Crippen molar-refractivity contribution in [1.82, 2.24) is 25.6 Å². The van der Waals surface area contributed by atoms with Crippen molar-refractivity contribution in [2.45, 2.75) is 6.92 Å². The van der Waals surface area contributed by atoms with Gasteiger partial charge < -0.3 is 14.6 Å². The number of nitrogens with one attached hydrogen (secondary N) is 2. The molecule has 0 atom stereocenters. The van der Waals surface area contributed by atoms with Crippen LogP contribution in [0.25, 0.3) is 33.5 Å². The van der Waals surface area contributed by atoms with E-state index in [1.54, 1.807) is 19.1 Å². The van der Waals surface area contributed by atoms with Gasteiger partial charge in [-0.15, -0.1) is 5.10 Å². The molecule has 0 aliphatic rings. The van der Waals surface area contributed by atoms with Gasteiger partial charge in [-0.05, 0) is 31.2 Å². The van der Waals surface area contributed by atoms with Crippen LogP contribution in [0.4, 0.5) is 5.69 Å². The number of amides is 1. The SMILES string of the molecule is COc1nc(-c2ccc3[nH]nnc3c2)ccc1NC(=O)c1c(-c2ccccc2)noc1C. The maximum atomic E-state index is 13.1. The van der Waals surface area contributed by atoms with E-state index in [1.165, 1.54) is 7.11 Å². The maximum absolute atomic E-state index is 13.1. The molecule has 32 heavy (non-hydrogen) atoms. The second-order valence-corrected chi connectivity index (χ2v) is 7.08. The van der Waals surface area contributed by atoms with Crippen molar-refractivity contribution < 1.29 is 14.1 Å². The van der Waals surface area contributed by atoms with E-state index in [1.807, 2.05) is 48.5 Å². The van der Waals surface area contributed by atoms with Crippen molar-refractivity contribution in [3.8, 4) is 28.4 Å². The lowest BCUT2D eigenvalue weighted by atomic mass is 10.1. The van der Waals surface area contributed by atoms with Crippen LogP contribution >= 0.6 is 0 Å². The van der Waals surface area contributed by atoms with Crippen LogP contribution in [-0.4, -0.2) is 38.6 Å². The lowest BCUT2D eigenvalue weighted by Gasteiger charge is -2.11. The largest absolute Gasteiger partial charge is 0.479 e. The van der Waals surface area contributed by atoms with E-state index >= 15 is 0 Å². The highest BCUT2D eigenvalue weighted by Gasteiger charge is 2.23. The Morgan fingerprint density at radius 2 is 1.91 bits per heavy atom. The molecular formula is C23H18N6O3. The lowest BCUT2D eigenvalue weighted by Crippen LogP contribution is -2.14. The quantitative estimate of drug-likeness (QED) is 0.431. The number of rotatable bonds is 5. The zero-order valence-electron chi connectivity index (χ0n) is 17.3. The van der Waals surface area contributed by atoms with Gasteiger partial charge in [-0.25, -0.2) is 4.98 Å². The van der Waals surface area contributed by atoms with Crippen molar-refractivity contribution in [1.29, 1.82) is 0 Å². The van der Waals surface area contributed by atoms with Crippen LogP contribution in [0.15, 0.2) is 65.2 Å². The average molecular weight is 426 g/mol. The van der Waals surface area contributed by atoms with Crippen molar-refractivity contribution in [2.24, 2.45) is 0 Å². The minimum Gasteiger partial charge on any atom is -0.479 e. The van der Waals surface area contributed by atoms with Gasteiger partial charge in [0.2, 0.25) is 5.88 Å². The van der Waals surface area contributed by atoms with Gasteiger partial charge in [-0.1, -0.05) is 46.8 Å². The molecule has 0 saturated heterocycles. The smallest absolute Gasteiger partial charge is 0.261 e. The summed E-state index contributed by atoms with van der Waals surface area (Å²) in [6.45, 7) is 1.70. The monoisotopic (exact) mass is 426 g/mol. The second-order valence-electron chi connectivity index (χ2n) is 7.08. The number of hydrogen-bond acceptors (Lipinski definition) is 7. The number of aromatic amines is 1. The van der Waals surface area contributed by atoms with E-state index in [2.05, 4.69) is 30.9 Å². The number of methoxy groups -OCH3 is 1. The molecule has 2 N–H and O–H groups in total. The van der Waals surface area contributed by atoms with Crippen LogP contribution in [0.1, 0.15) is 16.1 Å². The zero-order valence-corrected chi connectivity index (χ0v) is 17.3. The van der Waals surface area contributed by atoms with Crippen LogP contribution in [0.5, 0.6) is 5.88 Å². The first kappa shape index (κ1) is 19.4. The predicted molar refractivity (Wildman–Crippen MR) is 118 cm³/mol. The van der Waals surface area contributed by atoms with Crippen molar-refractivity contribution in [3.63, 3.8) is 0 Å². The Kier molecular flexibility index (Phi) is 4.83. The third kappa shape index (κ3) is 3.45.